The number of ether oxygens (including phenoxy) is 1. The number of nitrogens with one attached hydrogen (secondary N) is 2. The smallest absolute Gasteiger partial charge is 0.325 e. The van der Waals surface area contributed by atoms with Gasteiger partial charge in [-0.3, -0.25) is 20.3 Å². The predicted molar refractivity (Wildman–Crippen MR) is 94.7 cm³/mol. The maximum absolute atomic E-state index is 12.1. The Labute approximate surface area is 149 Å². The third-order valence-corrected chi connectivity index (χ3v) is 3.82. The summed E-state index contributed by atoms with van der Waals surface area (Å²) in [5, 5.41) is 10.2. The van der Waals surface area contributed by atoms with E-state index in [1.54, 1.807) is 6.92 Å². The van der Waals surface area contributed by atoms with Crippen molar-refractivity contribution in [3.8, 4) is 0 Å². The lowest BCUT2D eigenvalue weighted by Gasteiger charge is -2.20. The van der Waals surface area contributed by atoms with Crippen molar-refractivity contribution in [2.45, 2.75) is 70.8 Å². The second kappa shape index (κ2) is 11.6. The molecule has 6 heteroatoms. The van der Waals surface area contributed by atoms with Crippen LogP contribution in [0.1, 0.15) is 68.8 Å². The molecule has 0 spiro atoms. The molecule has 0 saturated heterocycles. The number of cyclic esters (lactones) is 1. The molecule has 0 saturated carbocycles. The zero-order chi connectivity index (χ0) is 20.3. The third-order valence-electron chi connectivity index (χ3n) is 3.82. The van der Waals surface area contributed by atoms with Crippen LogP contribution in [-0.2, 0) is 14.3 Å². The fourth-order valence-corrected chi connectivity index (χ4v) is 2.45. The number of carbonyl (C=O) groups is 2. The van der Waals surface area contributed by atoms with Gasteiger partial charge in [0.05, 0.1) is 6.10 Å². The molecule has 0 aromatic carbocycles. The van der Waals surface area contributed by atoms with Gasteiger partial charge in [0.25, 0.3) is 0 Å². The highest BCUT2D eigenvalue weighted by atomic mass is 16.5. The van der Waals surface area contributed by atoms with Crippen LogP contribution < -0.4 is 5.32 Å². The molecule has 1 heterocycles. The molecule has 1 aliphatic heterocycles. The monoisotopic (exact) mass is 340 g/mol. The van der Waals surface area contributed by atoms with E-state index in [1.165, 1.54) is 0 Å². The lowest BCUT2D eigenvalue weighted by Crippen LogP contribution is -2.44. The van der Waals surface area contributed by atoms with Crippen LogP contribution in [0.25, 0.3) is 0 Å². The van der Waals surface area contributed by atoms with Crippen LogP contribution >= 0.6 is 0 Å². The van der Waals surface area contributed by atoms with Gasteiger partial charge in [0.15, 0.2) is 5.96 Å². The Morgan fingerprint density at radius 2 is 1.92 bits per heavy atom. The number of hydrogen-bond acceptors (Lipinski definition) is 4. The number of hydrogen-bond donors (Lipinski definition) is 2. The van der Waals surface area contributed by atoms with Crippen LogP contribution in [0.2, 0.25) is 0 Å². The second-order valence-electron chi connectivity index (χ2n) is 6.14. The summed E-state index contributed by atoms with van der Waals surface area (Å²) < 4.78 is 27.8. The number of esters is 1. The molecule has 1 unspecified atom stereocenters. The number of allylic oxidation sites excluding steroid dienone is 2. The quantitative estimate of drug-likeness (QED) is 0.524. The lowest BCUT2D eigenvalue weighted by atomic mass is 10.1. The van der Waals surface area contributed by atoms with E-state index in [-0.39, 0.29) is 12.5 Å². The molecule has 0 radical (unpaired) electrons. The molecule has 0 aromatic rings. The van der Waals surface area contributed by atoms with Gasteiger partial charge in [-0.05, 0) is 45.4 Å². The number of nitrogens with zero attached hydrogens (tertiary/aromatic N) is 1. The molecule has 1 aliphatic rings. The highest BCUT2D eigenvalue weighted by Gasteiger charge is 2.15. The van der Waals surface area contributed by atoms with Gasteiger partial charge in [-0.15, -0.1) is 0 Å². The van der Waals surface area contributed by atoms with Crippen molar-refractivity contribution in [1.29, 1.82) is 5.41 Å². The average Bonchev–Trinajstić information content (AvgIpc) is 2.55. The molecular formula is C18H31N3O3. The largest absolute Gasteiger partial charge is 0.461 e. The molecule has 136 valence electrons. The van der Waals surface area contributed by atoms with Crippen LogP contribution in [0.3, 0.4) is 0 Å². The van der Waals surface area contributed by atoms with E-state index in [0.717, 1.165) is 38.5 Å². The zero-order valence-corrected chi connectivity index (χ0v) is 14.5. The van der Waals surface area contributed by atoms with E-state index in [0.29, 0.717) is 17.7 Å². The van der Waals surface area contributed by atoms with Crippen molar-refractivity contribution >= 4 is 17.8 Å². The lowest BCUT2D eigenvalue weighted by molar-refractivity contribution is -0.148. The first kappa shape index (κ1) is 15.7. The van der Waals surface area contributed by atoms with E-state index in [1.807, 2.05) is 0 Å². The van der Waals surface area contributed by atoms with Crippen molar-refractivity contribution in [3.05, 3.63) is 12.2 Å². The first-order valence-corrected chi connectivity index (χ1v) is 8.70. The highest BCUT2D eigenvalue weighted by Crippen LogP contribution is 2.09. The average molecular weight is 340 g/mol. The molecule has 2 N–H and O–H groups in total. The number of amides is 1. The normalized spacial score (nSPS) is 27.4. The third kappa shape index (κ3) is 9.33. The Kier molecular flexibility index (Phi) is 7.60. The maximum Gasteiger partial charge on any atom is 0.325 e. The summed E-state index contributed by atoms with van der Waals surface area (Å²) in [6.45, 7) is -1.58. The minimum atomic E-state index is -2.73. The number of rotatable bonds is 0. The molecule has 1 atom stereocenters. The maximum atomic E-state index is 12.1. The SMILES string of the molecule is [2H]C([2H])([2H])N1CC(=O)OC(C)CCC/C=C/CCCCCCC(=O)NC1=N. The molecule has 0 fully saturated rings. The summed E-state index contributed by atoms with van der Waals surface area (Å²) >= 11 is 0. The Hall–Kier alpha value is -1.85. The Morgan fingerprint density at radius 3 is 2.67 bits per heavy atom. The Morgan fingerprint density at radius 1 is 1.21 bits per heavy atom. The standard InChI is InChI=1S/C18H31N3O3/c1-15-12-10-8-6-4-3-5-7-9-11-13-16(22)20-18(19)21(2)14-17(23)24-15/h4,6,15H,3,5,7-14H2,1-2H3,(H2,19,20,22)/b6-4+/i2D3. The van der Waals surface area contributed by atoms with Gasteiger partial charge in [-0.1, -0.05) is 25.0 Å². The van der Waals surface area contributed by atoms with Gasteiger partial charge in [-0.25, -0.2) is 0 Å². The molecule has 24 heavy (non-hydrogen) atoms. The number of guanidine groups is 1. The van der Waals surface area contributed by atoms with Gasteiger partial charge in [0.1, 0.15) is 6.54 Å². The first-order chi connectivity index (χ1) is 12.7. The molecule has 0 aliphatic carbocycles. The minimum absolute atomic E-state index is 0.217. The summed E-state index contributed by atoms with van der Waals surface area (Å²) in [5.41, 5.74) is 0. The van der Waals surface area contributed by atoms with E-state index in [4.69, 9.17) is 14.3 Å². The van der Waals surface area contributed by atoms with E-state index >= 15 is 0 Å². The minimum Gasteiger partial charge on any atom is -0.461 e. The Balaban J connectivity index is 2.76. The highest BCUT2D eigenvalue weighted by molar-refractivity contribution is 5.96. The van der Waals surface area contributed by atoms with Gasteiger partial charge >= 0.3 is 5.97 Å². The van der Waals surface area contributed by atoms with E-state index in [2.05, 4.69) is 17.5 Å². The molecule has 1 rings (SSSR count). The van der Waals surface area contributed by atoms with Gasteiger partial charge in [-0.2, -0.15) is 0 Å². The molecule has 0 bridgehead atoms. The molecule has 6 nitrogen and oxygen atoms in total. The van der Waals surface area contributed by atoms with Gasteiger partial charge in [0.2, 0.25) is 5.91 Å². The molecule has 0 aromatic heterocycles. The fourth-order valence-electron chi connectivity index (χ4n) is 2.45. The summed E-state index contributed by atoms with van der Waals surface area (Å²) in [6.07, 6.45) is 11.3. The van der Waals surface area contributed by atoms with Crippen molar-refractivity contribution in [2.75, 3.05) is 13.5 Å². The summed E-state index contributed by atoms with van der Waals surface area (Å²) in [4.78, 5) is 24.6. The van der Waals surface area contributed by atoms with Gasteiger partial charge < -0.3 is 9.64 Å². The van der Waals surface area contributed by atoms with E-state index in [9.17, 15) is 9.59 Å². The summed E-state index contributed by atoms with van der Waals surface area (Å²) in [5.74, 6) is -1.76. The van der Waals surface area contributed by atoms with Crippen LogP contribution in [-0.4, -0.2) is 42.4 Å². The number of carbonyl (C=O) groups excluding carboxylic acids is 2. The van der Waals surface area contributed by atoms with Crippen LogP contribution in [0.15, 0.2) is 12.2 Å². The van der Waals surface area contributed by atoms with Crippen LogP contribution in [0.4, 0.5) is 0 Å². The fraction of sp³-hybridized carbons (Fsp3) is 0.722. The molecular weight excluding hydrogens is 306 g/mol. The zero-order valence-electron chi connectivity index (χ0n) is 17.5. The second-order valence-corrected chi connectivity index (χ2v) is 6.14. The van der Waals surface area contributed by atoms with Crippen LogP contribution in [0.5, 0.6) is 0 Å². The topological polar surface area (TPSA) is 82.5 Å². The van der Waals surface area contributed by atoms with Crippen molar-refractivity contribution < 1.29 is 18.4 Å². The molecule has 1 amide bonds. The summed E-state index contributed by atoms with van der Waals surface area (Å²) in [7, 11) is 0. The predicted octanol–water partition coefficient (Wildman–Crippen LogP) is 2.98. The Bertz CT molecular complexity index is 536. The van der Waals surface area contributed by atoms with Gasteiger partial charge in [0, 0.05) is 17.5 Å². The number of likely N-dealkylation sites (N-methyl/N-ethyl adjacent to an activating group) is 1. The van der Waals surface area contributed by atoms with Crippen molar-refractivity contribution in [3.63, 3.8) is 0 Å². The summed E-state index contributed by atoms with van der Waals surface area (Å²) in [6, 6.07) is 0. The van der Waals surface area contributed by atoms with E-state index < -0.39 is 31.4 Å². The van der Waals surface area contributed by atoms with Crippen LogP contribution in [0, 0.1) is 5.41 Å². The first-order valence-electron chi connectivity index (χ1n) is 10.2. The van der Waals surface area contributed by atoms with Crippen molar-refractivity contribution in [2.24, 2.45) is 0 Å². The van der Waals surface area contributed by atoms with Crippen molar-refractivity contribution in [1.82, 2.24) is 10.2 Å².